The standard InChI is InChI=1S/C14H16ClN3O2/c1-5-11-13(18(19)20)14(15)17(16-11)12-9(3)6-8(2)7-10(12)4/h6-7H,5H2,1-4H3. The van der Waals surface area contributed by atoms with Crippen LogP contribution >= 0.6 is 11.6 Å². The Morgan fingerprint density at radius 3 is 2.25 bits per heavy atom. The maximum atomic E-state index is 11.1. The first kappa shape index (κ1) is 14.5. The fourth-order valence-electron chi connectivity index (χ4n) is 2.50. The van der Waals surface area contributed by atoms with Gasteiger partial charge in [-0.15, -0.1) is 0 Å². The molecule has 1 heterocycles. The van der Waals surface area contributed by atoms with Gasteiger partial charge in [0.25, 0.3) is 0 Å². The van der Waals surface area contributed by atoms with Gasteiger partial charge in [-0.3, -0.25) is 10.1 Å². The summed E-state index contributed by atoms with van der Waals surface area (Å²) in [7, 11) is 0. The summed E-state index contributed by atoms with van der Waals surface area (Å²) in [5.41, 5.74) is 4.22. The van der Waals surface area contributed by atoms with Crippen molar-refractivity contribution in [1.29, 1.82) is 0 Å². The Labute approximate surface area is 122 Å². The van der Waals surface area contributed by atoms with Crippen LogP contribution in [0.2, 0.25) is 5.15 Å². The molecule has 0 radical (unpaired) electrons. The number of rotatable bonds is 3. The van der Waals surface area contributed by atoms with Crippen molar-refractivity contribution in [2.24, 2.45) is 0 Å². The zero-order valence-electron chi connectivity index (χ0n) is 11.9. The number of hydrogen-bond acceptors (Lipinski definition) is 3. The van der Waals surface area contributed by atoms with Gasteiger partial charge < -0.3 is 0 Å². The molecule has 0 fully saturated rings. The molecule has 106 valence electrons. The molecule has 0 aliphatic rings. The molecule has 0 amide bonds. The monoisotopic (exact) mass is 293 g/mol. The lowest BCUT2D eigenvalue weighted by atomic mass is 10.1. The number of hydrogen-bond donors (Lipinski definition) is 0. The first-order chi connectivity index (χ1) is 9.36. The third-order valence-corrected chi connectivity index (χ3v) is 3.58. The minimum atomic E-state index is -0.469. The predicted molar refractivity (Wildman–Crippen MR) is 78.8 cm³/mol. The Kier molecular flexibility index (Phi) is 3.81. The van der Waals surface area contributed by atoms with Gasteiger partial charge >= 0.3 is 5.69 Å². The Morgan fingerprint density at radius 1 is 1.30 bits per heavy atom. The van der Waals surface area contributed by atoms with Gasteiger partial charge in [-0.2, -0.15) is 5.10 Å². The lowest BCUT2D eigenvalue weighted by Crippen LogP contribution is -2.03. The van der Waals surface area contributed by atoms with Crippen LogP contribution in [0.1, 0.15) is 29.3 Å². The van der Waals surface area contributed by atoms with Gasteiger partial charge in [0.05, 0.1) is 10.6 Å². The van der Waals surface area contributed by atoms with E-state index in [1.165, 1.54) is 4.68 Å². The first-order valence-electron chi connectivity index (χ1n) is 6.36. The fourth-order valence-corrected chi connectivity index (χ4v) is 2.81. The predicted octanol–water partition coefficient (Wildman–Crippen LogP) is 3.92. The van der Waals surface area contributed by atoms with Crippen molar-refractivity contribution in [3.05, 3.63) is 49.8 Å². The maximum absolute atomic E-state index is 11.1. The molecule has 1 aromatic heterocycles. The molecule has 0 aliphatic heterocycles. The molecule has 5 nitrogen and oxygen atoms in total. The quantitative estimate of drug-likeness (QED) is 0.636. The van der Waals surface area contributed by atoms with Crippen molar-refractivity contribution in [1.82, 2.24) is 9.78 Å². The number of halogens is 1. The molecule has 6 heteroatoms. The van der Waals surface area contributed by atoms with Gasteiger partial charge in [-0.1, -0.05) is 36.2 Å². The third kappa shape index (κ3) is 2.29. The van der Waals surface area contributed by atoms with Crippen molar-refractivity contribution >= 4 is 17.3 Å². The Bertz CT molecular complexity index is 669. The maximum Gasteiger partial charge on any atom is 0.329 e. The van der Waals surface area contributed by atoms with Crippen LogP contribution in [0.5, 0.6) is 0 Å². The molecule has 2 aromatic rings. The smallest absolute Gasteiger partial charge is 0.258 e. The minimum Gasteiger partial charge on any atom is -0.258 e. The zero-order chi connectivity index (χ0) is 15.0. The topological polar surface area (TPSA) is 61.0 Å². The molecule has 1 aromatic carbocycles. The Balaban J connectivity index is 2.75. The highest BCUT2D eigenvalue weighted by atomic mass is 35.5. The highest BCUT2D eigenvalue weighted by Gasteiger charge is 2.27. The lowest BCUT2D eigenvalue weighted by Gasteiger charge is -2.11. The molecule has 0 saturated carbocycles. The molecule has 0 atom stereocenters. The summed E-state index contributed by atoms with van der Waals surface area (Å²) in [4.78, 5) is 10.7. The SMILES string of the molecule is CCc1nn(-c2c(C)cc(C)cc2C)c(Cl)c1[N+](=O)[O-]. The molecule has 20 heavy (non-hydrogen) atoms. The summed E-state index contributed by atoms with van der Waals surface area (Å²) >= 11 is 6.18. The van der Waals surface area contributed by atoms with E-state index in [2.05, 4.69) is 5.10 Å². The summed E-state index contributed by atoms with van der Waals surface area (Å²) in [6.07, 6.45) is 0.465. The largest absolute Gasteiger partial charge is 0.329 e. The van der Waals surface area contributed by atoms with Crippen LogP contribution in [0.25, 0.3) is 5.69 Å². The lowest BCUT2D eigenvalue weighted by molar-refractivity contribution is -0.385. The third-order valence-electron chi connectivity index (χ3n) is 3.24. The number of nitrogens with zero attached hydrogens (tertiary/aromatic N) is 3. The summed E-state index contributed by atoms with van der Waals surface area (Å²) in [6.45, 7) is 7.73. The van der Waals surface area contributed by atoms with Crippen molar-refractivity contribution in [3.63, 3.8) is 0 Å². The molecule has 0 spiro atoms. The van der Waals surface area contributed by atoms with Gasteiger partial charge in [0.2, 0.25) is 5.15 Å². The van der Waals surface area contributed by atoms with E-state index in [4.69, 9.17) is 11.6 Å². The summed E-state index contributed by atoms with van der Waals surface area (Å²) < 4.78 is 1.47. The average molecular weight is 294 g/mol. The number of aromatic nitrogens is 2. The van der Waals surface area contributed by atoms with Gasteiger partial charge in [0.15, 0.2) is 0 Å². The van der Waals surface area contributed by atoms with E-state index in [0.29, 0.717) is 12.1 Å². The second-order valence-corrected chi connectivity index (χ2v) is 5.21. The normalized spacial score (nSPS) is 10.8. The van der Waals surface area contributed by atoms with E-state index in [1.807, 2.05) is 39.8 Å². The number of nitro groups is 1. The van der Waals surface area contributed by atoms with Gasteiger partial charge in [-0.05, 0) is 38.3 Å². The van der Waals surface area contributed by atoms with Gasteiger partial charge in [0.1, 0.15) is 5.69 Å². The molecular formula is C14H16ClN3O2. The van der Waals surface area contributed by atoms with E-state index in [9.17, 15) is 10.1 Å². The molecule has 0 aliphatic carbocycles. The van der Waals surface area contributed by atoms with Crippen molar-refractivity contribution in [3.8, 4) is 5.69 Å². The number of aryl methyl sites for hydroxylation is 4. The van der Waals surface area contributed by atoms with E-state index in [0.717, 1.165) is 22.4 Å². The van der Waals surface area contributed by atoms with E-state index in [1.54, 1.807) is 0 Å². The molecule has 0 N–H and O–H groups in total. The Morgan fingerprint density at radius 2 is 1.85 bits per heavy atom. The number of benzene rings is 1. The van der Waals surface area contributed by atoms with Crippen LogP contribution in [-0.2, 0) is 6.42 Å². The first-order valence-corrected chi connectivity index (χ1v) is 6.74. The fraction of sp³-hybridized carbons (Fsp3) is 0.357. The molecule has 0 unspecified atom stereocenters. The summed E-state index contributed by atoms with van der Waals surface area (Å²) in [6, 6.07) is 4.02. The van der Waals surface area contributed by atoms with Crippen molar-refractivity contribution in [2.45, 2.75) is 34.1 Å². The molecule has 2 rings (SSSR count). The zero-order valence-corrected chi connectivity index (χ0v) is 12.7. The second kappa shape index (κ2) is 5.25. The minimum absolute atomic E-state index is 0.0573. The molecule has 0 bridgehead atoms. The Hall–Kier alpha value is -1.88. The van der Waals surface area contributed by atoms with Crippen molar-refractivity contribution in [2.75, 3.05) is 0 Å². The molecular weight excluding hydrogens is 278 g/mol. The van der Waals surface area contributed by atoms with Gasteiger partial charge in [0, 0.05) is 0 Å². The van der Waals surface area contributed by atoms with Crippen LogP contribution in [0, 0.1) is 30.9 Å². The van der Waals surface area contributed by atoms with E-state index < -0.39 is 4.92 Å². The van der Waals surface area contributed by atoms with Crippen molar-refractivity contribution < 1.29 is 4.92 Å². The molecule has 0 saturated heterocycles. The highest BCUT2D eigenvalue weighted by Crippen LogP contribution is 2.33. The summed E-state index contributed by atoms with van der Waals surface area (Å²) in [5.74, 6) is 0. The van der Waals surface area contributed by atoms with Crippen LogP contribution in [0.4, 0.5) is 5.69 Å². The van der Waals surface area contributed by atoms with Crippen LogP contribution in [0.15, 0.2) is 12.1 Å². The van der Waals surface area contributed by atoms with E-state index in [-0.39, 0.29) is 10.8 Å². The average Bonchev–Trinajstić information content (AvgIpc) is 2.65. The van der Waals surface area contributed by atoms with Crippen LogP contribution in [-0.4, -0.2) is 14.7 Å². The summed E-state index contributed by atoms with van der Waals surface area (Å²) in [5, 5.41) is 15.5. The van der Waals surface area contributed by atoms with Gasteiger partial charge in [-0.25, -0.2) is 4.68 Å². The van der Waals surface area contributed by atoms with Crippen LogP contribution < -0.4 is 0 Å². The van der Waals surface area contributed by atoms with Crippen LogP contribution in [0.3, 0.4) is 0 Å². The van der Waals surface area contributed by atoms with E-state index >= 15 is 0 Å². The second-order valence-electron chi connectivity index (χ2n) is 4.86. The highest BCUT2D eigenvalue weighted by molar-refractivity contribution is 6.32.